The Labute approximate surface area is 101 Å². The Kier molecular flexibility index (Phi) is 4.77. The van der Waals surface area contributed by atoms with Crippen molar-refractivity contribution < 1.29 is 9.53 Å². The summed E-state index contributed by atoms with van der Waals surface area (Å²) >= 11 is 5.99. The average Bonchev–Trinajstić information content (AvgIpc) is 2.28. The van der Waals surface area contributed by atoms with E-state index in [1.807, 2.05) is 13.0 Å². The predicted molar refractivity (Wildman–Crippen MR) is 65.0 cm³/mol. The molecule has 0 fully saturated rings. The number of rotatable bonds is 4. The third-order valence-electron chi connectivity index (χ3n) is 2.33. The molecule has 0 saturated heterocycles. The van der Waals surface area contributed by atoms with Crippen LogP contribution in [0.1, 0.15) is 15.9 Å². The van der Waals surface area contributed by atoms with E-state index in [0.717, 1.165) is 5.56 Å². The van der Waals surface area contributed by atoms with Gasteiger partial charge in [-0.2, -0.15) is 0 Å². The van der Waals surface area contributed by atoms with E-state index in [2.05, 4.69) is 0 Å². The van der Waals surface area contributed by atoms with E-state index in [0.29, 0.717) is 23.7 Å². The van der Waals surface area contributed by atoms with Gasteiger partial charge in [0, 0.05) is 20.7 Å². The molecule has 0 N–H and O–H groups in total. The monoisotopic (exact) mass is 241 g/mol. The van der Waals surface area contributed by atoms with Crippen molar-refractivity contribution in [1.29, 1.82) is 0 Å². The van der Waals surface area contributed by atoms with Gasteiger partial charge in [-0.1, -0.05) is 23.2 Å². The Morgan fingerprint density at radius 3 is 2.81 bits per heavy atom. The Balaban J connectivity index is 2.83. The molecular weight excluding hydrogens is 226 g/mol. The van der Waals surface area contributed by atoms with E-state index in [-0.39, 0.29) is 5.91 Å². The zero-order valence-electron chi connectivity index (χ0n) is 9.79. The fraction of sp³-hybridized carbons (Fsp3) is 0.417. The van der Waals surface area contributed by atoms with Gasteiger partial charge in [0.25, 0.3) is 5.91 Å². The molecule has 1 aromatic rings. The number of benzene rings is 1. The zero-order chi connectivity index (χ0) is 12.1. The summed E-state index contributed by atoms with van der Waals surface area (Å²) in [5.41, 5.74) is 1.56. The van der Waals surface area contributed by atoms with Crippen LogP contribution in [0.15, 0.2) is 18.2 Å². The van der Waals surface area contributed by atoms with E-state index in [1.165, 1.54) is 0 Å². The number of hydrogen-bond donors (Lipinski definition) is 0. The molecule has 0 aromatic heterocycles. The van der Waals surface area contributed by atoms with Crippen molar-refractivity contribution in [3.05, 3.63) is 34.3 Å². The Morgan fingerprint density at radius 2 is 2.19 bits per heavy atom. The minimum Gasteiger partial charge on any atom is -0.383 e. The summed E-state index contributed by atoms with van der Waals surface area (Å²) in [7, 11) is 3.35. The van der Waals surface area contributed by atoms with Gasteiger partial charge in [-0.15, -0.1) is 0 Å². The molecule has 0 aliphatic heterocycles. The van der Waals surface area contributed by atoms with Crippen LogP contribution in [0.25, 0.3) is 0 Å². The first kappa shape index (κ1) is 13.0. The number of likely N-dealkylation sites (N-methyl/N-ethyl adjacent to an activating group) is 1. The number of carbonyl (C=O) groups excluding carboxylic acids is 1. The number of methoxy groups -OCH3 is 1. The van der Waals surface area contributed by atoms with Crippen LogP contribution in [-0.4, -0.2) is 38.1 Å². The van der Waals surface area contributed by atoms with Crippen molar-refractivity contribution >= 4 is 17.5 Å². The van der Waals surface area contributed by atoms with Crippen molar-refractivity contribution in [2.24, 2.45) is 0 Å². The second kappa shape index (κ2) is 5.87. The van der Waals surface area contributed by atoms with Crippen LogP contribution >= 0.6 is 11.6 Å². The normalized spacial score (nSPS) is 10.2. The predicted octanol–water partition coefficient (Wildman–Crippen LogP) is 2.37. The highest BCUT2D eigenvalue weighted by atomic mass is 35.5. The summed E-state index contributed by atoms with van der Waals surface area (Å²) in [5.74, 6) is -0.0780. The molecule has 4 heteroatoms. The lowest BCUT2D eigenvalue weighted by Gasteiger charge is -2.17. The van der Waals surface area contributed by atoms with Crippen molar-refractivity contribution in [3.8, 4) is 0 Å². The summed E-state index contributed by atoms with van der Waals surface area (Å²) in [6.45, 7) is 3.01. The van der Waals surface area contributed by atoms with E-state index in [4.69, 9.17) is 16.3 Å². The molecule has 88 valence electrons. The van der Waals surface area contributed by atoms with Crippen molar-refractivity contribution in [2.75, 3.05) is 27.3 Å². The Morgan fingerprint density at radius 1 is 1.50 bits per heavy atom. The van der Waals surface area contributed by atoms with Crippen LogP contribution in [-0.2, 0) is 4.74 Å². The van der Waals surface area contributed by atoms with E-state index < -0.39 is 0 Å². The van der Waals surface area contributed by atoms with Gasteiger partial charge >= 0.3 is 0 Å². The minimum atomic E-state index is -0.0780. The number of carbonyl (C=O) groups is 1. The molecule has 0 aliphatic carbocycles. The summed E-state index contributed by atoms with van der Waals surface area (Å²) in [6, 6.07) is 5.43. The van der Waals surface area contributed by atoms with Gasteiger partial charge in [-0.3, -0.25) is 4.79 Å². The lowest BCUT2D eigenvalue weighted by Crippen LogP contribution is -2.30. The maximum absolute atomic E-state index is 12.0. The molecule has 0 unspecified atom stereocenters. The smallest absolute Gasteiger partial charge is 0.255 e. The molecular formula is C12H16ClNO2. The summed E-state index contributed by atoms with van der Waals surface area (Å²) in [5, 5.41) is 0.486. The number of halogens is 1. The fourth-order valence-electron chi connectivity index (χ4n) is 1.34. The summed E-state index contributed by atoms with van der Waals surface area (Å²) < 4.78 is 4.93. The molecule has 0 atom stereocenters. The van der Waals surface area contributed by atoms with E-state index in [9.17, 15) is 4.79 Å². The molecule has 1 rings (SSSR count). The maximum Gasteiger partial charge on any atom is 0.255 e. The minimum absolute atomic E-state index is 0.0780. The van der Waals surface area contributed by atoms with Gasteiger partial charge in [0.2, 0.25) is 0 Å². The molecule has 1 aromatic carbocycles. The first-order valence-corrected chi connectivity index (χ1v) is 5.44. The summed E-state index contributed by atoms with van der Waals surface area (Å²) in [4.78, 5) is 13.6. The van der Waals surface area contributed by atoms with E-state index >= 15 is 0 Å². The number of amides is 1. The molecule has 0 heterocycles. The SMILES string of the molecule is COCCN(C)C(=O)c1cc(C)ccc1Cl. The van der Waals surface area contributed by atoms with Crippen LogP contribution in [0.4, 0.5) is 0 Å². The number of hydrogen-bond acceptors (Lipinski definition) is 2. The molecule has 0 bridgehead atoms. The molecule has 3 nitrogen and oxygen atoms in total. The molecule has 0 spiro atoms. The maximum atomic E-state index is 12.0. The zero-order valence-corrected chi connectivity index (χ0v) is 10.5. The van der Waals surface area contributed by atoms with Gasteiger partial charge in [0.15, 0.2) is 0 Å². The lowest BCUT2D eigenvalue weighted by molar-refractivity contribution is 0.0744. The van der Waals surface area contributed by atoms with Crippen molar-refractivity contribution in [3.63, 3.8) is 0 Å². The Bertz CT molecular complexity index is 379. The topological polar surface area (TPSA) is 29.5 Å². The number of nitrogens with zero attached hydrogens (tertiary/aromatic N) is 1. The van der Waals surface area contributed by atoms with Crippen LogP contribution in [0.5, 0.6) is 0 Å². The number of aryl methyl sites for hydroxylation is 1. The second-order valence-electron chi connectivity index (χ2n) is 3.70. The molecule has 0 aliphatic rings. The first-order chi connectivity index (χ1) is 7.56. The van der Waals surface area contributed by atoms with Crippen molar-refractivity contribution in [1.82, 2.24) is 4.90 Å². The molecule has 0 saturated carbocycles. The average molecular weight is 242 g/mol. The third-order valence-corrected chi connectivity index (χ3v) is 2.66. The molecule has 16 heavy (non-hydrogen) atoms. The fourth-order valence-corrected chi connectivity index (χ4v) is 1.54. The molecule has 0 radical (unpaired) electrons. The first-order valence-electron chi connectivity index (χ1n) is 5.07. The highest BCUT2D eigenvalue weighted by Gasteiger charge is 2.14. The summed E-state index contributed by atoms with van der Waals surface area (Å²) in [6.07, 6.45) is 0. The van der Waals surface area contributed by atoms with Gasteiger partial charge in [0.1, 0.15) is 0 Å². The lowest BCUT2D eigenvalue weighted by atomic mass is 10.1. The van der Waals surface area contributed by atoms with Gasteiger partial charge in [-0.25, -0.2) is 0 Å². The van der Waals surface area contributed by atoms with Crippen LogP contribution in [0.3, 0.4) is 0 Å². The third kappa shape index (κ3) is 3.22. The van der Waals surface area contributed by atoms with Crippen LogP contribution < -0.4 is 0 Å². The second-order valence-corrected chi connectivity index (χ2v) is 4.11. The standard InChI is InChI=1S/C12H16ClNO2/c1-9-4-5-11(13)10(8-9)12(15)14(2)6-7-16-3/h4-5,8H,6-7H2,1-3H3. The van der Waals surface area contributed by atoms with Gasteiger partial charge in [0.05, 0.1) is 17.2 Å². The highest BCUT2D eigenvalue weighted by molar-refractivity contribution is 6.33. The van der Waals surface area contributed by atoms with E-state index in [1.54, 1.807) is 31.2 Å². The Hall–Kier alpha value is -1.06. The van der Waals surface area contributed by atoms with Gasteiger partial charge in [-0.05, 0) is 19.1 Å². The largest absolute Gasteiger partial charge is 0.383 e. The highest BCUT2D eigenvalue weighted by Crippen LogP contribution is 2.18. The quantitative estimate of drug-likeness (QED) is 0.810. The van der Waals surface area contributed by atoms with Crippen molar-refractivity contribution in [2.45, 2.75) is 6.92 Å². The number of ether oxygens (including phenoxy) is 1. The van der Waals surface area contributed by atoms with Gasteiger partial charge < -0.3 is 9.64 Å². The van der Waals surface area contributed by atoms with Crippen LogP contribution in [0, 0.1) is 6.92 Å². The van der Waals surface area contributed by atoms with Crippen LogP contribution in [0.2, 0.25) is 5.02 Å². The molecule has 1 amide bonds.